The minimum Gasteiger partial charge on any atom is -0.383 e. The van der Waals surface area contributed by atoms with Crippen LogP contribution in [-0.4, -0.2) is 49.0 Å². The Morgan fingerprint density at radius 3 is 2.32 bits per heavy atom. The van der Waals surface area contributed by atoms with E-state index in [1.165, 1.54) is 6.20 Å². The summed E-state index contributed by atoms with van der Waals surface area (Å²) in [5, 5.41) is -0.00776. The normalized spacial score (nSPS) is 11.4. The van der Waals surface area contributed by atoms with Gasteiger partial charge < -0.3 is 14.2 Å². The number of ether oxygens (including phenoxy) is 1. The Bertz CT molecular complexity index is 1100. The van der Waals surface area contributed by atoms with Gasteiger partial charge >= 0.3 is 0 Å². The Morgan fingerprint density at radius 2 is 1.71 bits per heavy atom. The zero-order chi connectivity index (χ0) is 22.3. The predicted octanol–water partition coefficient (Wildman–Crippen LogP) is 3.17. The van der Waals surface area contributed by atoms with Crippen molar-refractivity contribution in [2.75, 3.05) is 20.3 Å². The largest absolute Gasteiger partial charge is 0.383 e. The third-order valence-corrected chi connectivity index (χ3v) is 6.54. The Hall–Kier alpha value is -2.97. The molecule has 0 unspecified atom stereocenters. The quantitative estimate of drug-likeness (QED) is 0.483. The minimum absolute atomic E-state index is 0.00776. The number of carbonyl (C=O) groups is 1. The molecule has 31 heavy (non-hydrogen) atoms. The molecular weight excluding hydrogens is 414 g/mol. The molecule has 1 amide bonds. The topological polar surface area (TPSA) is 81.5 Å². The third-order valence-electron chi connectivity index (χ3n) is 4.94. The molecule has 0 aliphatic carbocycles. The molecule has 3 rings (SSSR count). The van der Waals surface area contributed by atoms with Gasteiger partial charge in [0.05, 0.1) is 30.8 Å². The van der Waals surface area contributed by atoms with E-state index in [2.05, 4.69) is 4.98 Å². The van der Waals surface area contributed by atoms with Crippen LogP contribution in [-0.2, 0) is 33.4 Å². The van der Waals surface area contributed by atoms with Crippen LogP contribution in [0.15, 0.2) is 72.0 Å². The summed E-state index contributed by atoms with van der Waals surface area (Å²) in [4.78, 5) is 18.8. The van der Waals surface area contributed by atoms with Crippen LogP contribution in [0.25, 0.3) is 0 Å². The molecule has 0 aliphatic heterocycles. The Morgan fingerprint density at radius 1 is 1.06 bits per heavy atom. The van der Waals surface area contributed by atoms with Gasteiger partial charge in [0.25, 0.3) is 5.91 Å². The van der Waals surface area contributed by atoms with E-state index in [4.69, 9.17) is 4.74 Å². The molecule has 7 nitrogen and oxygen atoms in total. The average molecular weight is 442 g/mol. The van der Waals surface area contributed by atoms with Crippen molar-refractivity contribution in [1.29, 1.82) is 0 Å². The molecule has 3 aromatic rings. The van der Waals surface area contributed by atoms with Crippen LogP contribution in [0.5, 0.6) is 0 Å². The maximum Gasteiger partial charge on any atom is 0.254 e. The lowest BCUT2D eigenvalue weighted by Gasteiger charge is -2.22. The Kier molecular flexibility index (Phi) is 7.59. The van der Waals surface area contributed by atoms with Crippen LogP contribution >= 0.6 is 0 Å². The predicted molar refractivity (Wildman–Crippen MR) is 118 cm³/mol. The van der Waals surface area contributed by atoms with Crippen molar-refractivity contribution < 1.29 is 17.9 Å². The molecule has 0 saturated carbocycles. The standard InChI is InChI=1S/C23H27N3O4S/c1-3-25(22(27)20-12-8-5-9-13-20)17-21-16-24-23(26(21)14-15-30-2)31(28,29)18-19-10-6-4-7-11-19/h4-13,16H,3,14-15,17-18H2,1-2H3. The summed E-state index contributed by atoms with van der Waals surface area (Å²) in [6.45, 7) is 3.28. The number of rotatable bonds is 10. The van der Waals surface area contributed by atoms with Gasteiger partial charge in [-0.05, 0) is 24.6 Å². The highest BCUT2D eigenvalue weighted by Crippen LogP contribution is 2.19. The van der Waals surface area contributed by atoms with Crippen LogP contribution in [0.2, 0.25) is 0 Å². The number of aromatic nitrogens is 2. The Balaban J connectivity index is 1.90. The second-order valence-corrected chi connectivity index (χ2v) is 8.99. The summed E-state index contributed by atoms with van der Waals surface area (Å²) in [6.07, 6.45) is 1.54. The van der Waals surface area contributed by atoms with Crippen LogP contribution in [0, 0.1) is 0 Å². The van der Waals surface area contributed by atoms with Crippen molar-refractivity contribution in [3.05, 3.63) is 83.7 Å². The molecule has 0 fully saturated rings. The lowest BCUT2D eigenvalue weighted by Crippen LogP contribution is -2.31. The molecule has 0 spiro atoms. The maximum absolute atomic E-state index is 13.1. The summed E-state index contributed by atoms with van der Waals surface area (Å²) in [5.41, 5.74) is 1.93. The van der Waals surface area contributed by atoms with Crippen LogP contribution in [0.3, 0.4) is 0 Å². The summed E-state index contributed by atoms with van der Waals surface area (Å²) in [5.74, 6) is -0.256. The summed E-state index contributed by atoms with van der Waals surface area (Å²) < 4.78 is 33.0. The van der Waals surface area contributed by atoms with E-state index in [0.717, 1.165) is 0 Å². The van der Waals surface area contributed by atoms with E-state index in [-0.39, 0.29) is 23.4 Å². The molecule has 0 bridgehead atoms. The number of methoxy groups -OCH3 is 1. The number of carbonyl (C=O) groups excluding carboxylic acids is 1. The number of imidazole rings is 1. The average Bonchev–Trinajstić information content (AvgIpc) is 3.20. The number of hydrogen-bond acceptors (Lipinski definition) is 5. The molecule has 8 heteroatoms. The number of benzene rings is 2. The van der Waals surface area contributed by atoms with Gasteiger partial charge in [0.1, 0.15) is 0 Å². The number of nitrogens with zero attached hydrogens (tertiary/aromatic N) is 3. The van der Waals surface area contributed by atoms with Gasteiger partial charge in [-0.25, -0.2) is 13.4 Å². The van der Waals surface area contributed by atoms with E-state index in [1.807, 2.05) is 43.3 Å². The number of hydrogen-bond donors (Lipinski definition) is 0. The van der Waals surface area contributed by atoms with Crippen molar-refractivity contribution in [1.82, 2.24) is 14.5 Å². The maximum atomic E-state index is 13.1. The molecule has 0 atom stereocenters. The Labute approximate surface area is 183 Å². The molecule has 2 aromatic carbocycles. The molecule has 164 valence electrons. The van der Waals surface area contributed by atoms with Gasteiger partial charge in [-0.2, -0.15) is 0 Å². The van der Waals surface area contributed by atoms with Gasteiger partial charge in [0.2, 0.25) is 15.0 Å². The summed E-state index contributed by atoms with van der Waals surface area (Å²) in [7, 11) is -2.11. The smallest absolute Gasteiger partial charge is 0.254 e. The molecular formula is C23H27N3O4S. The number of amides is 1. The van der Waals surface area contributed by atoms with Crippen LogP contribution < -0.4 is 0 Å². The first kappa shape index (κ1) is 22.7. The second kappa shape index (κ2) is 10.4. The molecule has 0 radical (unpaired) electrons. The summed E-state index contributed by atoms with van der Waals surface area (Å²) >= 11 is 0. The van der Waals surface area contributed by atoms with Crippen molar-refractivity contribution in [2.45, 2.75) is 30.9 Å². The first-order valence-electron chi connectivity index (χ1n) is 10.1. The third kappa shape index (κ3) is 5.59. The minimum atomic E-state index is -3.68. The van der Waals surface area contributed by atoms with Gasteiger partial charge in [-0.1, -0.05) is 48.5 Å². The van der Waals surface area contributed by atoms with Crippen molar-refractivity contribution in [3.8, 4) is 0 Å². The van der Waals surface area contributed by atoms with Gasteiger partial charge in [-0.3, -0.25) is 4.79 Å². The van der Waals surface area contributed by atoms with Crippen LogP contribution in [0.4, 0.5) is 0 Å². The molecule has 1 heterocycles. The van der Waals surface area contributed by atoms with E-state index in [9.17, 15) is 13.2 Å². The zero-order valence-corrected chi connectivity index (χ0v) is 18.6. The first-order valence-corrected chi connectivity index (χ1v) is 11.8. The van der Waals surface area contributed by atoms with Gasteiger partial charge in [0, 0.05) is 25.8 Å². The fourth-order valence-electron chi connectivity index (χ4n) is 3.33. The lowest BCUT2D eigenvalue weighted by atomic mass is 10.2. The second-order valence-electron chi connectivity index (χ2n) is 7.11. The molecule has 0 N–H and O–H groups in total. The molecule has 0 saturated heterocycles. The fourth-order valence-corrected chi connectivity index (χ4v) is 4.85. The monoisotopic (exact) mass is 441 g/mol. The van der Waals surface area contributed by atoms with E-state index < -0.39 is 9.84 Å². The highest BCUT2D eigenvalue weighted by atomic mass is 32.2. The SMILES string of the molecule is CCN(Cc1cnc(S(=O)(=O)Cc2ccccc2)n1CCOC)C(=O)c1ccccc1. The number of sulfone groups is 1. The van der Waals surface area contributed by atoms with E-state index in [0.29, 0.717) is 36.5 Å². The van der Waals surface area contributed by atoms with Crippen molar-refractivity contribution in [2.24, 2.45) is 0 Å². The lowest BCUT2D eigenvalue weighted by molar-refractivity contribution is 0.0747. The molecule has 0 aliphatic rings. The highest BCUT2D eigenvalue weighted by molar-refractivity contribution is 7.90. The first-order chi connectivity index (χ1) is 15.0. The zero-order valence-electron chi connectivity index (χ0n) is 17.8. The highest BCUT2D eigenvalue weighted by Gasteiger charge is 2.25. The van der Waals surface area contributed by atoms with Gasteiger partial charge in [0.15, 0.2) is 0 Å². The van der Waals surface area contributed by atoms with Crippen molar-refractivity contribution in [3.63, 3.8) is 0 Å². The molecule has 1 aromatic heterocycles. The van der Waals surface area contributed by atoms with E-state index in [1.54, 1.807) is 40.8 Å². The van der Waals surface area contributed by atoms with E-state index >= 15 is 0 Å². The fraction of sp³-hybridized carbons (Fsp3) is 0.304. The van der Waals surface area contributed by atoms with Crippen LogP contribution in [0.1, 0.15) is 28.5 Å². The summed E-state index contributed by atoms with van der Waals surface area (Å²) in [6, 6.07) is 18.0. The van der Waals surface area contributed by atoms with Crippen molar-refractivity contribution >= 4 is 15.7 Å². The van der Waals surface area contributed by atoms with Gasteiger partial charge in [-0.15, -0.1) is 0 Å².